The number of fused-ring (bicyclic) bond motifs is 1. The van der Waals surface area contributed by atoms with E-state index in [1.165, 1.54) is 42.5 Å². The van der Waals surface area contributed by atoms with E-state index in [0.717, 1.165) is 0 Å². The fraction of sp³-hybridized carbons (Fsp3) is 0.0588. The van der Waals surface area contributed by atoms with E-state index < -0.39 is 5.97 Å². The van der Waals surface area contributed by atoms with Crippen molar-refractivity contribution in [1.82, 2.24) is 0 Å². The Hall–Kier alpha value is -3.28. The summed E-state index contributed by atoms with van der Waals surface area (Å²) in [6.45, 7) is 0. The third kappa shape index (κ3) is 2.87. The van der Waals surface area contributed by atoms with Crippen molar-refractivity contribution in [2.45, 2.75) is 6.42 Å². The summed E-state index contributed by atoms with van der Waals surface area (Å²) in [4.78, 5) is 23.2. The van der Waals surface area contributed by atoms with Crippen LogP contribution in [0.4, 0.5) is 0 Å². The summed E-state index contributed by atoms with van der Waals surface area (Å²) in [5.41, 5.74) is 0.669. The Kier molecular flexibility index (Phi) is 3.50. The third-order valence-electron chi connectivity index (χ3n) is 3.41. The number of aromatic hydroxyl groups is 2. The second-order valence-corrected chi connectivity index (χ2v) is 5.07. The molecule has 0 aliphatic carbocycles. The van der Waals surface area contributed by atoms with Crippen LogP contribution in [0.1, 0.15) is 5.56 Å². The maximum atomic E-state index is 12.2. The Morgan fingerprint density at radius 3 is 2.43 bits per heavy atom. The largest absolute Gasteiger partial charge is 0.508 e. The van der Waals surface area contributed by atoms with Crippen molar-refractivity contribution in [2.75, 3.05) is 0 Å². The Morgan fingerprint density at radius 1 is 1.00 bits per heavy atom. The predicted octanol–water partition coefficient (Wildman–Crippen LogP) is 2.50. The maximum absolute atomic E-state index is 12.2. The molecule has 0 saturated carbocycles. The lowest BCUT2D eigenvalue weighted by atomic mass is 10.0. The smallest absolute Gasteiger partial charge is 0.307 e. The van der Waals surface area contributed by atoms with Gasteiger partial charge < -0.3 is 19.7 Å². The lowest BCUT2D eigenvalue weighted by Crippen LogP contribution is -2.04. The molecule has 0 atom stereocenters. The first-order valence-corrected chi connectivity index (χ1v) is 6.75. The van der Waals surface area contributed by atoms with Gasteiger partial charge >= 0.3 is 5.97 Å². The van der Waals surface area contributed by atoms with Crippen molar-refractivity contribution in [2.24, 2.45) is 0 Å². The van der Waals surface area contributed by atoms with Crippen molar-refractivity contribution in [1.29, 1.82) is 0 Å². The van der Waals surface area contributed by atoms with Crippen LogP contribution in [0.5, 0.6) is 11.5 Å². The molecule has 0 amide bonds. The first kappa shape index (κ1) is 14.6. The number of aliphatic carboxylic acids is 1. The van der Waals surface area contributed by atoms with Gasteiger partial charge in [-0.25, -0.2) is 0 Å². The summed E-state index contributed by atoms with van der Waals surface area (Å²) >= 11 is 0. The minimum atomic E-state index is -1.06. The number of carboxylic acid groups (broad SMARTS) is 1. The number of benzene rings is 2. The number of carbonyl (C=O) groups is 1. The van der Waals surface area contributed by atoms with Crippen molar-refractivity contribution in [3.63, 3.8) is 0 Å². The average molecular weight is 312 g/mol. The molecule has 0 radical (unpaired) electrons. The molecule has 1 aromatic heterocycles. The summed E-state index contributed by atoms with van der Waals surface area (Å²) in [6, 6.07) is 9.61. The lowest BCUT2D eigenvalue weighted by Gasteiger charge is -2.09. The molecule has 0 fully saturated rings. The molecule has 0 aliphatic rings. The molecule has 0 saturated heterocycles. The van der Waals surface area contributed by atoms with Crippen LogP contribution in [0.25, 0.3) is 22.3 Å². The number of carboxylic acids is 1. The Balaban J connectivity index is 2.23. The molecule has 3 aromatic rings. The monoisotopic (exact) mass is 312 g/mol. The minimum Gasteiger partial charge on any atom is -0.508 e. The molecular formula is C17H12O6. The second kappa shape index (κ2) is 5.49. The number of hydrogen-bond donors (Lipinski definition) is 3. The van der Waals surface area contributed by atoms with Crippen molar-refractivity contribution >= 4 is 16.9 Å². The van der Waals surface area contributed by atoms with Crippen LogP contribution in [-0.4, -0.2) is 21.3 Å². The van der Waals surface area contributed by atoms with Gasteiger partial charge in [-0.3, -0.25) is 9.59 Å². The van der Waals surface area contributed by atoms with Gasteiger partial charge in [-0.05, 0) is 42.0 Å². The van der Waals surface area contributed by atoms with E-state index in [9.17, 15) is 19.8 Å². The predicted molar refractivity (Wildman–Crippen MR) is 82.6 cm³/mol. The van der Waals surface area contributed by atoms with Crippen LogP contribution in [0, 0.1) is 0 Å². The van der Waals surface area contributed by atoms with E-state index in [-0.39, 0.29) is 40.1 Å². The van der Waals surface area contributed by atoms with Crippen molar-refractivity contribution in [3.8, 4) is 22.8 Å². The standard InChI is InChI=1S/C17H12O6/c18-10-1-3-12(9(5-10)6-17(21)22)16-8-14(20)13-7-11(19)2-4-15(13)23-16/h1-5,7-8,18-19H,6H2,(H,21,22). The van der Waals surface area contributed by atoms with Gasteiger partial charge in [0.2, 0.25) is 0 Å². The fourth-order valence-corrected chi connectivity index (χ4v) is 2.41. The number of rotatable bonds is 3. The Labute approximate surface area is 129 Å². The summed E-state index contributed by atoms with van der Waals surface area (Å²) in [5.74, 6) is -0.985. The topological polar surface area (TPSA) is 108 Å². The molecule has 0 spiro atoms. The molecule has 23 heavy (non-hydrogen) atoms. The molecule has 6 nitrogen and oxygen atoms in total. The highest BCUT2D eigenvalue weighted by atomic mass is 16.4. The molecule has 6 heteroatoms. The summed E-state index contributed by atoms with van der Waals surface area (Å²) < 4.78 is 5.66. The SMILES string of the molecule is O=C(O)Cc1cc(O)ccc1-c1cc(=O)c2cc(O)ccc2o1. The van der Waals surface area contributed by atoms with Crippen LogP contribution in [0.2, 0.25) is 0 Å². The zero-order valence-corrected chi connectivity index (χ0v) is 11.8. The van der Waals surface area contributed by atoms with Crippen LogP contribution in [0.15, 0.2) is 51.7 Å². The average Bonchev–Trinajstić information content (AvgIpc) is 2.47. The zero-order chi connectivity index (χ0) is 16.6. The van der Waals surface area contributed by atoms with E-state index in [1.807, 2.05) is 0 Å². The molecule has 116 valence electrons. The fourth-order valence-electron chi connectivity index (χ4n) is 2.41. The molecular weight excluding hydrogens is 300 g/mol. The zero-order valence-electron chi connectivity index (χ0n) is 11.8. The van der Waals surface area contributed by atoms with Gasteiger partial charge in [0, 0.05) is 11.6 Å². The van der Waals surface area contributed by atoms with Gasteiger partial charge in [0.25, 0.3) is 0 Å². The van der Waals surface area contributed by atoms with E-state index in [2.05, 4.69) is 0 Å². The normalized spacial score (nSPS) is 10.8. The van der Waals surface area contributed by atoms with Gasteiger partial charge in [0.1, 0.15) is 22.8 Å². The molecule has 0 aliphatic heterocycles. The van der Waals surface area contributed by atoms with Crippen LogP contribution in [-0.2, 0) is 11.2 Å². The molecule has 0 bridgehead atoms. The van der Waals surface area contributed by atoms with Crippen molar-refractivity contribution in [3.05, 3.63) is 58.3 Å². The third-order valence-corrected chi connectivity index (χ3v) is 3.41. The highest BCUT2D eigenvalue weighted by Crippen LogP contribution is 2.29. The second-order valence-electron chi connectivity index (χ2n) is 5.07. The van der Waals surface area contributed by atoms with E-state index in [1.54, 1.807) is 0 Å². The summed E-state index contributed by atoms with van der Waals surface area (Å²) in [5, 5.41) is 28.2. The van der Waals surface area contributed by atoms with Gasteiger partial charge in [-0.2, -0.15) is 0 Å². The molecule has 1 heterocycles. The number of hydrogen-bond acceptors (Lipinski definition) is 5. The van der Waals surface area contributed by atoms with Crippen LogP contribution >= 0.6 is 0 Å². The number of phenolic OH excluding ortho intramolecular Hbond substituents is 2. The lowest BCUT2D eigenvalue weighted by molar-refractivity contribution is -0.136. The quantitative estimate of drug-likeness (QED) is 0.685. The summed E-state index contributed by atoms with van der Waals surface area (Å²) in [7, 11) is 0. The molecule has 2 aromatic carbocycles. The van der Waals surface area contributed by atoms with Crippen molar-refractivity contribution < 1.29 is 24.5 Å². The maximum Gasteiger partial charge on any atom is 0.307 e. The Morgan fingerprint density at radius 2 is 1.70 bits per heavy atom. The minimum absolute atomic E-state index is 0.0475. The first-order chi connectivity index (χ1) is 10.9. The van der Waals surface area contributed by atoms with Gasteiger partial charge in [0.15, 0.2) is 5.43 Å². The van der Waals surface area contributed by atoms with Crippen LogP contribution in [0.3, 0.4) is 0 Å². The van der Waals surface area contributed by atoms with E-state index in [4.69, 9.17) is 9.52 Å². The van der Waals surface area contributed by atoms with Crippen LogP contribution < -0.4 is 5.43 Å². The first-order valence-electron chi connectivity index (χ1n) is 6.75. The van der Waals surface area contributed by atoms with E-state index in [0.29, 0.717) is 11.1 Å². The Bertz CT molecular complexity index is 970. The molecule has 3 rings (SSSR count). The molecule has 0 unspecified atom stereocenters. The summed E-state index contributed by atoms with van der Waals surface area (Å²) in [6.07, 6.45) is -0.318. The highest BCUT2D eigenvalue weighted by Gasteiger charge is 2.14. The van der Waals surface area contributed by atoms with Gasteiger partial charge in [-0.15, -0.1) is 0 Å². The van der Waals surface area contributed by atoms with Gasteiger partial charge in [0.05, 0.1) is 11.8 Å². The number of phenols is 2. The van der Waals surface area contributed by atoms with E-state index >= 15 is 0 Å². The molecule has 3 N–H and O–H groups in total. The van der Waals surface area contributed by atoms with Gasteiger partial charge in [-0.1, -0.05) is 0 Å². The highest BCUT2D eigenvalue weighted by molar-refractivity contribution is 5.81.